The Hall–Kier alpha value is -1.06. The van der Waals surface area contributed by atoms with Gasteiger partial charge >= 0.3 is 0 Å². The van der Waals surface area contributed by atoms with Crippen molar-refractivity contribution in [3.63, 3.8) is 0 Å². The molecule has 2 rings (SSSR count). The van der Waals surface area contributed by atoms with Crippen molar-refractivity contribution in [1.29, 1.82) is 0 Å². The van der Waals surface area contributed by atoms with Crippen molar-refractivity contribution in [2.45, 2.75) is 39.5 Å². The van der Waals surface area contributed by atoms with Gasteiger partial charge in [-0.05, 0) is 50.3 Å². The van der Waals surface area contributed by atoms with Gasteiger partial charge in [0.25, 0.3) is 0 Å². The first kappa shape index (κ1) is 18.0. The summed E-state index contributed by atoms with van der Waals surface area (Å²) in [5.74, 6) is 0.212. The van der Waals surface area contributed by atoms with Crippen LogP contribution in [0, 0.1) is 12.3 Å². The molecule has 3 nitrogen and oxygen atoms in total. The van der Waals surface area contributed by atoms with Crippen molar-refractivity contribution in [1.82, 2.24) is 4.90 Å². The van der Waals surface area contributed by atoms with Gasteiger partial charge in [-0.25, -0.2) is 0 Å². The Labute approximate surface area is 134 Å². The maximum absolute atomic E-state index is 12.9. The standard InChI is InChI=1S/C17H26N2O.ClH/c1-13-7-5-6-8-14(13)16(2,3)15(20)19-10-9-17(4,11-18)12-19;/h5-8H,9-12,18H2,1-4H3;1H. The molecular formula is C17H27ClN2O. The maximum Gasteiger partial charge on any atom is 0.232 e. The van der Waals surface area contributed by atoms with Gasteiger partial charge in [0.1, 0.15) is 0 Å². The first-order valence-corrected chi connectivity index (χ1v) is 7.36. The van der Waals surface area contributed by atoms with E-state index in [1.54, 1.807) is 0 Å². The van der Waals surface area contributed by atoms with Crippen LogP contribution >= 0.6 is 12.4 Å². The minimum atomic E-state index is -0.481. The van der Waals surface area contributed by atoms with Gasteiger partial charge in [-0.2, -0.15) is 0 Å². The van der Waals surface area contributed by atoms with Crippen molar-refractivity contribution in [3.8, 4) is 0 Å². The van der Waals surface area contributed by atoms with E-state index >= 15 is 0 Å². The van der Waals surface area contributed by atoms with E-state index in [1.165, 1.54) is 5.56 Å². The van der Waals surface area contributed by atoms with Crippen LogP contribution in [0.15, 0.2) is 24.3 Å². The lowest BCUT2D eigenvalue weighted by Crippen LogP contribution is -2.44. The number of carbonyl (C=O) groups is 1. The fourth-order valence-corrected chi connectivity index (χ4v) is 3.15. The highest BCUT2D eigenvalue weighted by atomic mass is 35.5. The van der Waals surface area contributed by atoms with Crippen LogP contribution in [-0.4, -0.2) is 30.4 Å². The monoisotopic (exact) mass is 310 g/mol. The Kier molecular flexibility index (Phi) is 5.46. The zero-order valence-electron chi connectivity index (χ0n) is 13.5. The highest BCUT2D eigenvalue weighted by Crippen LogP contribution is 2.34. The molecule has 0 aliphatic carbocycles. The Balaban J connectivity index is 0.00000220. The van der Waals surface area contributed by atoms with E-state index in [0.717, 1.165) is 25.1 Å². The van der Waals surface area contributed by atoms with E-state index in [-0.39, 0.29) is 23.7 Å². The molecule has 21 heavy (non-hydrogen) atoms. The summed E-state index contributed by atoms with van der Waals surface area (Å²) in [4.78, 5) is 14.9. The molecule has 0 radical (unpaired) electrons. The molecule has 118 valence electrons. The number of carbonyl (C=O) groups excluding carboxylic acids is 1. The molecule has 1 aliphatic rings. The van der Waals surface area contributed by atoms with Crippen LogP contribution in [0.5, 0.6) is 0 Å². The second-order valence-corrected chi connectivity index (χ2v) is 6.93. The number of halogens is 1. The molecule has 2 N–H and O–H groups in total. The summed E-state index contributed by atoms with van der Waals surface area (Å²) in [5, 5.41) is 0. The van der Waals surface area contributed by atoms with Gasteiger partial charge in [-0.1, -0.05) is 31.2 Å². The van der Waals surface area contributed by atoms with Crippen LogP contribution in [0.1, 0.15) is 38.3 Å². The normalized spacial score (nSPS) is 22.0. The van der Waals surface area contributed by atoms with E-state index in [1.807, 2.05) is 30.9 Å². The highest BCUT2D eigenvalue weighted by molar-refractivity contribution is 5.88. The largest absolute Gasteiger partial charge is 0.341 e. The molecule has 1 saturated heterocycles. The summed E-state index contributed by atoms with van der Waals surface area (Å²) in [6, 6.07) is 8.15. The minimum absolute atomic E-state index is 0. The van der Waals surface area contributed by atoms with Crippen LogP contribution < -0.4 is 5.73 Å². The van der Waals surface area contributed by atoms with Crippen molar-refractivity contribution in [3.05, 3.63) is 35.4 Å². The summed E-state index contributed by atoms with van der Waals surface area (Å²) in [6.07, 6.45) is 0.999. The molecule has 1 aromatic rings. The maximum atomic E-state index is 12.9. The lowest BCUT2D eigenvalue weighted by molar-refractivity contribution is -0.135. The van der Waals surface area contributed by atoms with Crippen molar-refractivity contribution in [2.75, 3.05) is 19.6 Å². The Morgan fingerprint density at radius 2 is 2.00 bits per heavy atom. The quantitative estimate of drug-likeness (QED) is 0.933. The van der Waals surface area contributed by atoms with Gasteiger partial charge in [0.05, 0.1) is 5.41 Å². The predicted octanol–water partition coefficient (Wildman–Crippen LogP) is 2.89. The third-order valence-corrected chi connectivity index (χ3v) is 4.69. The summed E-state index contributed by atoms with van der Waals surface area (Å²) >= 11 is 0. The molecule has 0 aromatic heterocycles. The number of hydrogen-bond acceptors (Lipinski definition) is 2. The molecule has 1 unspecified atom stereocenters. The molecular weight excluding hydrogens is 284 g/mol. The molecule has 1 fully saturated rings. The van der Waals surface area contributed by atoms with Crippen LogP contribution in [0.3, 0.4) is 0 Å². The molecule has 1 aliphatic heterocycles. The average molecular weight is 311 g/mol. The van der Waals surface area contributed by atoms with Crippen molar-refractivity contribution >= 4 is 18.3 Å². The van der Waals surface area contributed by atoms with Gasteiger partial charge < -0.3 is 10.6 Å². The van der Waals surface area contributed by atoms with Crippen molar-refractivity contribution in [2.24, 2.45) is 11.1 Å². The zero-order valence-corrected chi connectivity index (χ0v) is 14.3. The van der Waals surface area contributed by atoms with E-state index < -0.39 is 5.41 Å². The number of nitrogens with zero attached hydrogens (tertiary/aromatic N) is 1. The molecule has 1 aromatic carbocycles. The predicted molar refractivity (Wildman–Crippen MR) is 89.8 cm³/mol. The lowest BCUT2D eigenvalue weighted by atomic mass is 9.80. The molecule has 1 amide bonds. The Morgan fingerprint density at radius 3 is 2.52 bits per heavy atom. The number of aryl methyl sites for hydroxylation is 1. The SMILES string of the molecule is Cc1ccccc1C(C)(C)C(=O)N1CCC(C)(CN)C1.Cl. The fourth-order valence-electron chi connectivity index (χ4n) is 3.15. The minimum Gasteiger partial charge on any atom is -0.341 e. The number of nitrogens with two attached hydrogens (primary N) is 1. The fraction of sp³-hybridized carbons (Fsp3) is 0.588. The Bertz CT molecular complexity index is 515. The van der Waals surface area contributed by atoms with Gasteiger partial charge in [0.2, 0.25) is 5.91 Å². The van der Waals surface area contributed by atoms with Crippen LogP contribution in [0.2, 0.25) is 0 Å². The summed E-state index contributed by atoms with van der Waals surface area (Å²) in [7, 11) is 0. The van der Waals surface area contributed by atoms with E-state index in [0.29, 0.717) is 6.54 Å². The second-order valence-electron chi connectivity index (χ2n) is 6.93. The molecule has 0 saturated carbocycles. The highest BCUT2D eigenvalue weighted by Gasteiger charge is 2.41. The van der Waals surface area contributed by atoms with E-state index in [2.05, 4.69) is 26.0 Å². The van der Waals surface area contributed by atoms with E-state index in [4.69, 9.17) is 5.73 Å². The third-order valence-electron chi connectivity index (χ3n) is 4.69. The summed E-state index contributed by atoms with van der Waals surface area (Å²) in [5.41, 5.74) is 7.73. The molecule has 0 bridgehead atoms. The van der Waals surface area contributed by atoms with Crippen LogP contribution in [0.4, 0.5) is 0 Å². The van der Waals surface area contributed by atoms with Crippen LogP contribution in [0.25, 0.3) is 0 Å². The summed E-state index contributed by atoms with van der Waals surface area (Å²) in [6.45, 7) is 10.5. The van der Waals surface area contributed by atoms with Gasteiger partial charge in [-0.3, -0.25) is 4.79 Å². The number of benzene rings is 1. The average Bonchev–Trinajstić information content (AvgIpc) is 2.81. The van der Waals surface area contributed by atoms with Crippen molar-refractivity contribution < 1.29 is 4.79 Å². The summed E-state index contributed by atoms with van der Waals surface area (Å²) < 4.78 is 0. The smallest absolute Gasteiger partial charge is 0.232 e. The molecule has 1 heterocycles. The number of likely N-dealkylation sites (tertiary alicyclic amines) is 1. The molecule has 1 atom stereocenters. The zero-order chi connectivity index (χ0) is 15.0. The van der Waals surface area contributed by atoms with Crippen LogP contribution in [-0.2, 0) is 10.2 Å². The topological polar surface area (TPSA) is 46.3 Å². The number of rotatable bonds is 3. The van der Waals surface area contributed by atoms with Gasteiger partial charge in [0.15, 0.2) is 0 Å². The van der Waals surface area contributed by atoms with Gasteiger partial charge in [-0.15, -0.1) is 12.4 Å². The molecule has 0 spiro atoms. The first-order valence-electron chi connectivity index (χ1n) is 7.36. The lowest BCUT2D eigenvalue weighted by Gasteiger charge is -2.32. The number of amides is 1. The van der Waals surface area contributed by atoms with Gasteiger partial charge in [0, 0.05) is 13.1 Å². The molecule has 4 heteroatoms. The number of hydrogen-bond donors (Lipinski definition) is 1. The second kappa shape index (κ2) is 6.37. The first-order chi connectivity index (χ1) is 9.30. The van der Waals surface area contributed by atoms with E-state index in [9.17, 15) is 4.79 Å². The third kappa shape index (κ3) is 3.41. The Morgan fingerprint density at radius 1 is 1.38 bits per heavy atom.